The molecule has 0 aliphatic carbocycles. The summed E-state index contributed by atoms with van der Waals surface area (Å²) in [6.45, 7) is 3.11. The van der Waals surface area contributed by atoms with Crippen LogP contribution < -0.4 is 5.32 Å². The zero-order valence-corrected chi connectivity index (χ0v) is 30.0. The smallest absolute Gasteiger partial charge is 0.394 e. The molecule has 0 saturated carbocycles. The Morgan fingerprint density at radius 3 is 1.88 bits per heavy atom. The molecule has 1 fully saturated rings. The first-order valence-corrected chi connectivity index (χ1v) is 19.5. The number of rotatable bonds is 29. The first-order chi connectivity index (χ1) is 22.9. The quantitative estimate of drug-likeness (QED) is 0.0335. The van der Waals surface area contributed by atoms with Gasteiger partial charge >= 0.3 is 10.4 Å². The Morgan fingerprint density at radius 2 is 1.35 bits per heavy atom. The summed E-state index contributed by atoms with van der Waals surface area (Å²) in [5.41, 5.74) is 0. The van der Waals surface area contributed by atoms with E-state index in [1.54, 1.807) is 0 Å². The van der Waals surface area contributed by atoms with E-state index < -0.39 is 78.5 Å². The Morgan fingerprint density at radius 1 is 0.833 bits per heavy atom. The SMILES string of the molecule is CCCCCCCCCCC/C=C/C(O)C(COC1OC(CO)C(O)C(OS(=O)(=O)O)C1O)NC(=O)C(O)CCCCCCCCCC. The van der Waals surface area contributed by atoms with Gasteiger partial charge in [0.2, 0.25) is 5.91 Å². The number of aliphatic hydroxyl groups excluding tert-OH is 5. The van der Waals surface area contributed by atoms with E-state index in [0.717, 1.165) is 38.5 Å². The summed E-state index contributed by atoms with van der Waals surface area (Å²) < 4.78 is 47.1. The number of hydrogen-bond acceptors (Lipinski definition) is 11. The Balaban J connectivity index is 2.77. The van der Waals surface area contributed by atoms with Crippen molar-refractivity contribution in [2.24, 2.45) is 0 Å². The molecule has 1 rings (SSSR count). The molecule has 48 heavy (non-hydrogen) atoms. The van der Waals surface area contributed by atoms with Crippen LogP contribution >= 0.6 is 0 Å². The van der Waals surface area contributed by atoms with Crippen LogP contribution in [0.5, 0.6) is 0 Å². The molecule has 0 bridgehead atoms. The average molecular weight is 712 g/mol. The number of unbranched alkanes of at least 4 members (excludes halogenated alkanes) is 16. The molecular weight excluding hydrogens is 646 g/mol. The van der Waals surface area contributed by atoms with Crippen molar-refractivity contribution >= 4 is 16.3 Å². The van der Waals surface area contributed by atoms with Crippen LogP contribution in [0, 0.1) is 0 Å². The molecule has 1 aliphatic rings. The van der Waals surface area contributed by atoms with Crippen LogP contribution in [0.15, 0.2) is 12.2 Å². The van der Waals surface area contributed by atoms with Gasteiger partial charge in [0.1, 0.15) is 30.5 Å². The van der Waals surface area contributed by atoms with E-state index in [2.05, 4.69) is 23.3 Å². The predicted octanol–water partition coefficient (Wildman–Crippen LogP) is 3.84. The number of amides is 1. The van der Waals surface area contributed by atoms with Gasteiger partial charge < -0.3 is 40.3 Å². The highest BCUT2D eigenvalue weighted by Crippen LogP contribution is 2.26. The highest BCUT2D eigenvalue weighted by molar-refractivity contribution is 7.80. The summed E-state index contributed by atoms with van der Waals surface area (Å²) in [6.07, 6.45) is 12.0. The van der Waals surface area contributed by atoms with Crippen molar-refractivity contribution in [2.45, 2.75) is 185 Å². The van der Waals surface area contributed by atoms with E-state index >= 15 is 0 Å². The van der Waals surface area contributed by atoms with E-state index in [0.29, 0.717) is 12.8 Å². The molecule has 8 atom stereocenters. The van der Waals surface area contributed by atoms with Gasteiger partial charge in [-0.1, -0.05) is 129 Å². The molecule has 0 aromatic rings. The molecule has 0 spiro atoms. The van der Waals surface area contributed by atoms with E-state index in [1.165, 1.54) is 70.3 Å². The third kappa shape index (κ3) is 19.9. The fourth-order valence-electron chi connectivity index (χ4n) is 5.69. The molecule has 0 aromatic heterocycles. The number of aliphatic hydroxyl groups is 5. The van der Waals surface area contributed by atoms with E-state index in [9.17, 15) is 38.7 Å². The minimum absolute atomic E-state index is 0.244. The van der Waals surface area contributed by atoms with Crippen LogP contribution in [-0.2, 0) is 28.9 Å². The van der Waals surface area contributed by atoms with Gasteiger partial charge in [-0.25, -0.2) is 4.18 Å². The number of carbonyl (C=O) groups is 1. The van der Waals surface area contributed by atoms with Gasteiger partial charge in [-0.2, -0.15) is 8.42 Å². The van der Waals surface area contributed by atoms with Crippen LogP contribution in [0.3, 0.4) is 0 Å². The largest absolute Gasteiger partial charge is 0.397 e. The normalized spacial score (nSPS) is 23.7. The minimum atomic E-state index is -5.10. The highest BCUT2D eigenvalue weighted by atomic mass is 32.3. The second-order valence-corrected chi connectivity index (χ2v) is 14.0. The molecule has 14 heteroatoms. The van der Waals surface area contributed by atoms with Crippen LogP contribution in [0.25, 0.3) is 0 Å². The number of allylic oxidation sites excluding steroid dienone is 1. The summed E-state index contributed by atoms with van der Waals surface area (Å²) in [5, 5.41) is 54.6. The molecular formula is C34H65NO12S. The molecule has 1 saturated heterocycles. The summed E-state index contributed by atoms with van der Waals surface area (Å²) in [7, 11) is -5.10. The first-order valence-electron chi connectivity index (χ1n) is 18.2. The van der Waals surface area contributed by atoms with Gasteiger partial charge in [-0.05, 0) is 19.3 Å². The highest BCUT2D eigenvalue weighted by Gasteiger charge is 2.48. The fraction of sp³-hybridized carbons (Fsp3) is 0.912. The summed E-state index contributed by atoms with van der Waals surface area (Å²) in [4.78, 5) is 12.9. The second kappa shape index (κ2) is 26.6. The molecule has 1 amide bonds. The lowest BCUT2D eigenvalue weighted by Gasteiger charge is -2.41. The lowest BCUT2D eigenvalue weighted by molar-refractivity contribution is -0.298. The number of ether oxygens (including phenoxy) is 2. The van der Waals surface area contributed by atoms with Gasteiger partial charge in [-0.15, -0.1) is 0 Å². The Hall–Kier alpha value is -1.20. The Bertz CT molecular complexity index is 952. The Labute approximate surface area is 288 Å². The van der Waals surface area contributed by atoms with Crippen molar-refractivity contribution in [1.82, 2.24) is 5.32 Å². The molecule has 13 nitrogen and oxygen atoms in total. The van der Waals surface area contributed by atoms with E-state index in [4.69, 9.17) is 14.0 Å². The lowest BCUT2D eigenvalue weighted by atomic mass is 9.99. The Kier molecular flexibility index (Phi) is 24.8. The molecule has 0 radical (unpaired) electrons. The number of nitrogens with one attached hydrogen (secondary N) is 1. The van der Waals surface area contributed by atoms with Gasteiger partial charge in [0.15, 0.2) is 6.29 Å². The zero-order chi connectivity index (χ0) is 35.8. The molecule has 7 N–H and O–H groups in total. The number of hydrogen-bond donors (Lipinski definition) is 7. The molecule has 8 unspecified atom stereocenters. The summed E-state index contributed by atoms with van der Waals surface area (Å²) in [5.74, 6) is -0.709. The van der Waals surface area contributed by atoms with Crippen molar-refractivity contribution in [3.05, 3.63) is 12.2 Å². The average Bonchev–Trinajstić information content (AvgIpc) is 3.05. The molecule has 284 valence electrons. The van der Waals surface area contributed by atoms with Crippen LogP contribution in [0.4, 0.5) is 0 Å². The van der Waals surface area contributed by atoms with Gasteiger partial charge in [0, 0.05) is 0 Å². The fourth-order valence-corrected chi connectivity index (χ4v) is 6.20. The van der Waals surface area contributed by atoms with Crippen molar-refractivity contribution in [3.63, 3.8) is 0 Å². The molecule has 1 heterocycles. The molecule has 1 aliphatic heterocycles. The summed E-state index contributed by atoms with van der Waals surface area (Å²) in [6, 6.07) is -1.11. The maximum atomic E-state index is 12.9. The van der Waals surface area contributed by atoms with Gasteiger partial charge in [0.25, 0.3) is 0 Å². The van der Waals surface area contributed by atoms with Crippen molar-refractivity contribution < 1.29 is 57.0 Å². The van der Waals surface area contributed by atoms with Crippen LogP contribution in [0.2, 0.25) is 0 Å². The standard InChI is InChI=1S/C34H65NO12S/c1-3-5-7-9-11-13-14-15-17-18-20-22-27(37)26(35-33(41)28(38)23-21-19-16-12-10-8-6-4-2)25-45-34-31(40)32(47-48(42,43)44)30(39)29(24-36)46-34/h20,22,26-32,34,36-40H,3-19,21,23-25H2,1-2H3,(H,35,41)(H,42,43,44)/b22-20+. The maximum absolute atomic E-state index is 12.9. The maximum Gasteiger partial charge on any atom is 0.397 e. The van der Waals surface area contributed by atoms with Crippen molar-refractivity contribution in [2.75, 3.05) is 13.2 Å². The van der Waals surface area contributed by atoms with Crippen LogP contribution in [-0.4, -0.2) is 107 Å². The summed E-state index contributed by atoms with van der Waals surface area (Å²) >= 11 is 0. The third-order valence-electron chi connectivity index (χ3n) is 8.68. The van der Waals surface area contributed by atoms with Gasteiger partial charge in [-0.3, -0.25) is 9.35 Å². The molecule has 0 aromatic carbocycles. The second-order valence-electron chi connectivity index (χ2n) is 13.0. The third-order valence-corrected chi connectivity index (χ3v) is 9.14. The van der Waals surface area contributed by atoms with E-state index in [1.807, 2.05) is 6.08 Å². The van der Waals surface area contributed by atoms with Crippen molar-refractivity contribution in [1.29, 1.82) is 0 Å². The van der Waals surface area contributed by atoms with Crippen molar-refractivity contribution in [3.8, 4) is 0 Å². The lowest BCUT2D eigenvalue weighted by Crippen LogP contribution is -2.61. The minimum Gasteiger partial charge on any atom is -0.394 e. The van der Waals surface area contributed by atoms with Crippen LogP contribution in [0.1, 0.15) is 136 Å². The van der Waals surface area contributed by atoms with E-state index in [-0.39, 0.29) is 6.42 Å². The number of carbonyl (C=O) groups excluding carboxylic acids is 1. The van der Waals surface area contributed by atoms with Gasteiger partial charge in [0.05, 0.1) is 25.4 Å². The zero-order valence-electron chi connectivity index (χ0n) is 29.2. The predicted molar refractivity (Wildman–Crippen MR) is 182 cm³/mol. The topological polar surface area (TPSA) is 212 Å². The first kappa shape index (κ1) is 44.8. The monoisotopic (exact) mass is 711 g/mol.